The minimum atomic E-state index is -0.691. The molecular formula is C13H22ClNO2. The first kappa shape index (κ1) is 13.2. The highest BCUT2D eigenvalue weighted by atomic mass is 35.5. The smallest absolute Gasteiger partial charge is 0.308 e. The number of aliphatic carboxylic acids is 1. The van der Waals surface area contributed by atoms with E-state index in [9.17, 15) is 9.90 Å². The Bertz CT molecular complexity index is 266. The lowest BCUT2D eigenvalue weighted by Gasteiger charge is -2.37. The Kier molecular flexibility index (Phi) is 4.69. The standard InChI is InChI=1S/C13H22ClNO2/c14-11-8-4-7-10(13(16)17)12(11)15-9-5-2-1-3-6-9/h9-12,15H,1-8H2,(H,16,17). The van der Waals surface area contributed by atoms with Crippen LogP contribution in [0.1, 0.15) is 51.4 Å². The Morgan fingerprint density at radius 3 is 2.41 bits per heavy atom. The fraction of sp³-hybridized carbons (Fsp3) is 0.923. The van der Waals surface area contributed by atoms with E-state index in [0.29, 0.717) is 6.04 Å². The van der Waals surface area contributed by atoms with Gasteiger partial charge < -0.3 is 10.4 Å². The summed E-state index contributed by atoms with van der Waals surface area (Å²) in [4.78, 5) is 11.3. The molecule has 3 unspecified atom stereocenters. The van der Waals surface area contributed by atoms with E-state index in [1.807, 2.05) is 0 Å². The quantitative estimate of drug-likeness (QED) is 0.767. The molecule has 0 aromatic heterocycles. The fourth-order valence-corrected chi connectivity index (χ4v) is 3.59. The van der Waals surface area contributed by atoms with Crippen LogP contribution in [0.25, 0.3) is 0 Å². The number of carboxylic acids is 1. The normalized spacial score (nSPS) is 35.7. The van der Waals surface area contributed by atoms with Gasteiger partial charge in [0.05, 0.1) is 5.92 Å². The number of nitrogens with one attached hydrogen (secondary N) is 1. The van der Waals surface area contributed by atoms with Crippen LogP contribution < -0.4 is 5.32 Å². The summed E-state index contributed by atoms with van der Waals surface area (Å²) in [5.41, 5.74) is 0. The van der Waals surface area contributed by atoms with Gasteiger partial charge in [0.25, 0.3) is 0 Å². The summed E-state index contributed by atoms with van der Waals surface area (Å²) < 4.78 is 0. The lowest BCUT2D eigenvalue weighted by molar-refractivity contribution is -0.143. The van der Waals surface area contributed by atoms with Crippen LogP contribution in [-0.4, -0.2) is 28.5 Å². The second kappa shape index (κ2) is 6.05. The molecule has 0 aromatic rings. The molecule has 2 fully saturated rings. The maximum atomic E-state index is 11.3. The van der Waals surface area contributed by atoms with Crippen LogP contribution >= 0.6 is 11.6 Å². The SMILES string of the molecule is O=C(O)C1CCCC(Cl)C1NC1CCCCC1. The van der Waals surface area contributed by atoms with Gasteiger partial charge in [0.15, 0.2) is 0 Å². The summed E-state index contributed by atoms with van der Waals surface area (Å²) in [7, 11) is 0. The molecule has 0 aromatic carbocycles. The fourth-order valence-electron chi connectivity index (χ4n) is 3.18. The molecule has 2 aliphatic rings. The first-order valence-electron chi connectivity index (χ1n) is 6.81. The molecule has 2 aliphatic carbocycles. The van der Waals surface area contributed by atoms with Gasteiger partial charge in [0.2, 0.25) is 0 Å². The first-order chi connectivity index (χ1) is 8.18. The topological polar surface area (TPSA) is 49.3 Å². The molecule has 0 spiro atoms. The molecule has 98 valence electrons. The highest BCUT2D eigenvalue weighted by Crippen LogP contribution is 2.30. The van der Waals surface area contributed by atoms with Gasteiger partial charge in [-0.3, -0.25) is 4.79 Å². The van der Waals surface area contributed by atoms with Gasteiger partial charge in [-0.05, 0) is 25.7 Å². The Morgan fingerprint density at radius 2 is 1.76 bits per heavy atom. The molecule has 2 N–H and O–H groups in total. The largest absolute Gasteiger partial charge is 0.481 e. The molecule has 17 heavy (non-hydrogen) atoms. The Balaban J connectivity index is 1.95. The van der Waals surface area contributed by atoms with E-state index in [1.165, 1.54) is 32.1 Å². The molecule has 0 bridgehead atoms. The number of carboxylic acid groups (broad SMARTS) is 1. The van der Waals surface area contributed by atoms with Gasteiger partial charge >= 0.3 is 5.97 Å². The van der Waals surface area contributed by atoms with Crippen LogP contribution in [0, 0.1) is 5.92 Å². The van der Waals surface area contributed by atoms with Gasteiger partial charge in [-0.1, -0.05) is 25.7 Å². The van der Waals surface area contributed by atoms with Crippen LogP contribution in [0.2, 0.25) is 0 Å². The molecule has 3 atom stereocenters. The lowest BCUT2D eigenvalue weighted by atomic mass is 9.82. The van der Waals surface area contributed by atoms with Crippen molar-refractivity contribution >= 4 is 17.6 Å². The third kappa shape index (κ3) is 3.35. The molecule has 0 aliphatic heterocycles. The van der Waals surface area contributed by atoms with E-state index in [0.717, 1.165) is 19.3 Å². The predicted molar refractivity (Wildman–Crippen MR) is 68.4 cm³/mol. The zero-order valence-electron chi connectivity index (χ0n) is 10.2. The van der Waals surface area contributed by atoms with Gasteiger partial charge in [-0.25, -0.2) is 0 Å². The number of carbonyl (C=O) groups is 1. The van der Waals surface area contributed by atoms with E-state index in [2.05, 4.69) is 5.32 Å². The van der Waals surface area contributed by atoms with Crippen molar-refractivity contribution in [2.75, 3.05) is 0 Å². The van der Waals surface area contributed by atoms with Crippen LogP contribution in [-0.2, 0) is 4.79 Å². The summed E-state index contributed by atoms with van der Waals surface area (Å²) in [6.07, 6.45) is 8.82. The second-order valence-electron chi connectivity index (χ2n) is 5.42. The molecule has 0 heterocycles. The number of hydrogen-bond acceptors (Lipinski definition) is 2. The maximum absolute atomic E-state index is 11.3. The van der Waals surface area contributed by atoms with Crippen molar-refractivity contribution in [3.8, 4) is 0 Å². The van der Waals surface area contributed by atoms with E-state index in [-0.39, 0.29) is 17.3 Å². The van der Waals surface area contributed by atoms with Gasteiger partial charge in [0.1, 0.15) is 0 Å². The minimum Gasteiger partial charge on any atom is -0.481 e. The molecule has 2 rings (SSSR count). The van der Waals surface area contributed by atoms with Crippen molar-refractivity contribution in [3.63, 3.8) is 0 Å². The van der Waals surface area contributed by atoms with Crippen LogP contribution in [0.15, 0.2) is 0 Å². The van der Waals surface area contributed by atoms with Crippen molar-refractivity contribution in [1.82, 2.24) is 5.32 Å². The molecule has 2 saturated carbocycles. The van der Waals surface area contributed by atoms with Crippen LogP contribution in [0.3, 0.4) is 0 Å². The molecular weight excluding hydrogens is 238 g/mol. The monoisotopic (exact) mass is 259 g/mol. The molecule has 0 amide bonds. The maximum Gasteiger partial charge on any atom is 0.308 e. The number of rotatable bonds is 3. The first-order valence-corrected chi connectivity index (χ1v) is 7.25. The Morgan fingerprint density at radius 1 is 1.06 bits per heavy atom. The zero-order chi connectivity index (χ0) is 12.3. The molecule has 3 nitrogen and oxygen atoms in total. The van der Waals surface area contributed by atoms with E-state index in [4.69, 9.17) is 11.6 Å². The average molecular weight is 260 g/mol. The number of alkyl halides is 1. The highest BCUT2D eigenvalue weighted by Gasteiger charge is 2.37. The molecule has 0 saturated heterocycles. The van der Waals surface area contributed by atoms with Gasteiger partial charge in [-0.15, -0.1) is 11.6 Å². The predicted octanol–water partition coefficient (Wildman–Crippen LogP) is 2.77. The van der Waals surface area contributed by atoms with Crippen molar-refractivity contribution < 1.29 is 9.90 Å². The number of hydrogen-bond donors (Lipinski definition) is 2. The molecule has 4 heteroatoms. The second-order valence-corrected chi connectivity index (χ2v) is 5.98. The number of halogens is 1. The van der Waals surface area contributed by atoms with Gasteiger partial charge in [-0.2, -0.15) is 0 Å². The molecule has 0 radical (unpaired) electrons. The Hall–Kier alpha value is -0.280. The summed E-state index contributed by atoms with van der Waals surface area (Å²) in [5.74, 6) is -0.989. The summed E-state index contributed by atoms with van der Waals surface area (Å²) in [6.45, 7) is 0. The van der Waals surface area contributed by atoms with Crippen molar-refractivity contribution in [3.05, 3.63) is 0 Å². The van der Waals surface area contributed by atoms with Gasteiger partial charge in [0, 0.05) is 17.5 Å². The minimum absolute atomic E-state index is 0.0215. The summed E-state index contributed by atoms with van der Waals surface area (Å²) >= 11 is 6.31. The van der Waals surface area contributed by atoms with Crippen LogP contribution in [0.5, 0.6) is 0 Å². The van der Waals surface area contributed by atoms with Crippen molar-refractivity contribution in [2.24, 2.45) is 5.92 Å². The Labute approximate surface area is 108 Å². The third-order valence-electron chi connectivity index (χ3n) is 4.17. The van der Waals surface area contributed by atoms with E-state index in [1.54, 1.807) is 0 Å². The summed E-state index contributed by atoms with van der Waals surface area (Å²) in [5, 5.41) is 12.8. The van der Waals surface area contributed by atoms with Crippen molar-refractivity contribution in [2.45, 2.75) is 68.8 Å². The zero-order valence-corrected chi connectivity index (χ0v) is 11.0. The third-order valence-corrected chi connectivity index (χ3v) is 4.66. The van der Waals surface area contributed by atoms with Crippen LogP contribution in [0.4, 0.5) is 0 Å². The average Bonchev–Trinajstić information content (AvgIpc) is 2.33. The summed E-state index contributed by atoms with van der Waals surface area (Å²) in [6, 6.07) is 0.445. The van der Waals surface area contributed by atoms with Crippen molar-refractivity contribution in [1.29, 1.82) is 0 Å². The van der Waals surface area contributed by atoms with E-state index < -0.39 is 5.97 Å². The lowest BCUT2D eigenvalue weighted by Crippen LogP contribution is -2.52. The highest BCUT2D eigenvalue weighted by molar-refractivity contribution is 6.21. The van der Waals surface area contributed by atoms with E-state index >= 15 is 0 Å².